The van der Waals surface area contributed by atoms with E-state index in [9.17, 15) is 14.9 Å². The molecule has 98 valence electrons. The number of hydrogen-bond donors (Lipinski definition) is 3. The van der Waals surface area contributed by atoms with Gasteiger partial charge in [0, 0.05) is 12.1 Å². The van der Waals surface area contributed by atoms with Gasteiger partial charge in [-0.15, -0.1) is 0 Å². The number of nitro benzene ring substituents is 1. The van der Waals surface area contributed by atoms with Gasteiger partial charge >= 0.3 is 5.97 Å². The Bertz CT molecular complexity index is 484. The second-order valence-corrected chi connectivity index (χ2v) is 4.46. The Hall–Kier alpha value is -2.15. The van der Waals surface area contributed by atoms with Gasteiger partial charge in [-0.05, 0) is 19.9 Å². The summed E-state index contributed by atoms with van der Waals surface area (Å²) in [7, 11) is 0. The highest BCUT2D eigenvalue weighted by Gasteiger charge is 2.21. The molecule has 0 amide bonds. The molecule has 7 nitrogen and oxygen atoms in total. The van der Waals surface area contributed by atoms with Crippen LogP contribution in [0.3, 0.4) is 0 Å². The van der Waals surface area contributed by atoms with Gasteiger partial charge in [-0.1, -0.05) is 0 Å². The van der Waals surface area contributed by atoms with Crippen molar-refractivity contribution in [3.8, 4) is 0 Å². The summed E-state index contributed by atoms with van der Waals surface area (Å²) in [6.07, 6.45) is 0. The lowest BCUT2D eigenvalue weighted by molar-refractivity contribution is -0.384. The molecule has 0 fully saturated rings. The van der Waals surface area contributed by atoms with Gasteiger partial charge in [0.05, 0.1) is 28.3 Å². The largest absolute Gasteiger partial charge is 0.478 e. The molecule has 0 aromatic heterocycles. The van der Waals surface area contributed by atoms with Crippen LogP contribution in [0.2, 0.25) is 0 Å². The first-order valence-corrected chi connectivity index (χ1v) is 5.17. The lowest BCUT2D eigenvalue weighted by Gasteiger charge is -2.25. The molecule has 18 heavy (non-hydrogen) atoms. The van der Waals surface area contributed by atoms with E-state index >= 15 is 0 Å². The third kappa shape index (κ3) is 3.17. The van der Waals surface area contributed by atoms with E-state index in [1.165, 1.54) is 0 Å². The lowest BCUT2D eigenvalue weighted by Crippen LogP contribution is -2.35. The molecule has 3 N–H and O–H groups in total. The third-order valence-electron chi connectivity index (χ3n) is 2.31. The van der Waals surface area contributed by atoms with Crippen molar-refractivity contribution in [1.29, 1.82) is 0 Å². The molecule has 1 aromatic rings. The van der Waals surface area contributed by atoms with Crippen molar-refractivity contribution in [2.45, 2.75) is 19.4 Å². The van der Waals surface area contributed by atoms with Crippen LogP contribution in [0.5, 0.6) is 0 Å². The van der Waals surface area contributed by atoms with E-state index in [2.05, 4.69) is 5.32 Å². The zero-order valence-corrected chi connectivity index (χ0v) is 10.0. The summed E-state index contributed by atoms with van der Waals surface area (Å²) in [6, 6.07) is 3.43. The van der Waals surface area contributed by atoms with E-state index in [0.29, 0.717) is 0 Å². The number of carbonyl (C=O) groups is 1. The number of rotatable bonds is 5. The minimum atomic E-state index is -1.19. The Kier molecular flexibility index (Phi) is 3.87. The van der Waals surface area contributed by atoms with E-state index in [1.807, 2.05) is 0 Å². The summed E-state index contributed by atoms with van der Waals surface area (Å²) in [5, 5.41) is 31.5. The Morgan fingerprint density at radius 2 is 2.11 bits per heavy atom. The monoisotopic (exact) mass is 254 g/mol. The predicted octanol–water partition coefficient (Wildman–Crippen LogP) is 1.48. The van der Waals surface area contributed by atoms with Crippen LogP contribution in [0.15, 0.2) is 18.2 Å². The zero-order valence-electron chi connectivity index (χ0n) is 10.0. The number of carboxylic acids is 1. The Balaban J connectivity index is 3.24. The standard InChI is InChI=1S/C11H14N2O5/c1-11(2,6-14)12-9-5-7(13(17)18)3-4-8(9)10(15)16/h3-5,12,14H,6H2,1-2H3,(H,15,16). The van der Waals surface area contributed by atoms with Gasteiger partial charge in [0.25, 0.3) is 5.69 Å². The molecule has 0 spiro atoms. The van der Waals surface area contributed by atoms with Crippen LogP contribution >= 0.6 is 0 Å². The summed E-state index contributed by atoms with van der Waals surface area (Å²) >= 11 is 0. The third-order valence-corrected chi connectivity index (χ3v) is 2.31. The Morgan fingerprint density at radius 3 is 2.56 bits per heavy atom. The first-order valence-electron chi connectivity index (χ1n) is 5.17. The van der Waals surface area contributed by atoms with Gasteiger partial charge < -0.3 is 15.5 Å². The van der Waals surface area contributed by atoms with Crippen LogP contribution < -0.4 is 5.32 Å². The highest BCUT2D eigenvalue weighted by molar-refractivity contribution is 5.95. The number of hydrogen-bond acceptors (Lipinski definition) is 5. The number of aromatic carboxylic acids is 1. The van der Waals surface area contributed by atoms with Crippen molar-refractivity contribution in [1.82, 2.24) is 0 Å². The maximum absolute atomic E-state index is 11.0. The number of benzene rings is 1. The topological polar surface area (TPSA) is 113 Å². The zero-order chi connectivity index (χ0) is 13.9. The number of carboxylic acid groups (broad SMARTS) is 1. The minimum Gasteiger partial charge on any atom is -0.478 e. The molecule has 1 rings (SSSR count). The van der Waals surface area contributed by atoms with Crippen LogP contribution in [-0.2, 0) is 0 Å². The number of anilines is 1. The molecular formula is C11H14N2O5. The quantitative estimate of drug-likeness (QED) is 0.541. The van der Waals surface area contributed by atoms with Gasteiger partial charge in [0.15, 0.2) is 0 Å². The molecule has 0 bridgehead atoms. The lowest BCUT2D eigenvalue weighted by atomic mass is 10.0. The van der Waals surface area contributed by atoms with Gasteiger partial charge in [-0.3, -0.25) is 10.1 Å². The summed E-state index contributed by atoms with van der Waals surface area (Å²) in [5.74, 6) is -1.19. The van der Waals surface area contributed by atoms with Crippen molar-refractivity contribution in [2.24, 2.45) is 0 Å². The van der Waals surface area contributed by atoms with E-state index < -0.39 is 16.4 Å². The summed E-state index contributed by atoms with van der Waals surface area (Å²) < 4.78 is 0. The van der Waals surface area contributed by atoms with Crippen molar-refractivity contribution in [3.63, 3.8) is 0 Å². The number of nitro groups is 1. The molecule has 0 unspecified atom stereocenters. The summed E-state index contributed by atoms with van der Waals surface area (Å²) in [5.41, 5.74) is -0.964. The second kappa shape index (κ2) is 5.01. The molecule has 0 atom stereocenters. The van der Waals surface area contributed by atoms with Gasteiger partial charge in [-0.2, -0.15) is 0 Å². The van der Waals surface area contributed by atoms with Gasteiger partial charge in [0.1, 0.15) is 0 Å². The van der Waals surface area contributed by atoms with E-state index in [1.54, 1.807) is 13.8 Å². The number of non-ortho nitro benzene ring substituents is 1. The average molecular weight is 254 g/mol. The minimum absolute atomic E-state index is 0.0814. The van der Waals surface area contributed by atoms with E-state index in [0.717, 1.165) is 18.2 Å². The highest BCUT2D eigenvalue weighted by atomic mass is 16.6. The fourth-order valence-electron chi connectivity index (χ4n) is 1.34. The van der Waals surface area contributed by atoms with Crippen molar-refractivity contribution >= 4 is 17.3 Å². The molecule has 0 heterocycles. The Morgan fingerprint density at radius 1 is 1.50 bits per heavy atom. The number of aliphatic hydroxyl groups is 1. The SMILES string of the molecule is CC(C)(CO)Nc1cc([N+](=O)[O-])ccc1C(=O)O. The van der Waals surface area contributed by atoms with E-state index in [-0.39, 0.29) is 23.5 Å². The van der Waals surface area contributed by atoms with Crippen molar-refractivity contribution in [2.75, 3.05) is 11.9 Å². The number of nitrogens with zero attached hydrogens (tertiary/aromatic N) is 1. The fourth-order valence-corrected chi connectivity index (χ4v) is 1.34. The molecule has 0 aliphatic carbocycles. The van der Waals surface area contributed by atoms with Crippen LogP contribution in [0.4, 0.5) is 11.4 Å². The molecule has 1 aromatic carbocycles. The van der Waals surface area contributed by atoms with Crippen LogP contribution in [0.1, 0.15) is 24.2 Å². The van der Waals surface area contributed by atoms with Crippen molar-refractivity contribution < 1.29 is 19.9 Å². The molecule has 0 aliphatic rings. The predicted molar refractivity (Wildman–Crippen MR) is 64.8 cm³/mol. The maximum Gasteiger partial charge on any atom is 0.337 e. The van der Waals surface area contributed by atoms with Crippen LogP contribution in [-0.4, -0.2) is 33.3 Å². The Labute approximate surface area is 103 Å². The summed E-state index contributed by atoms with van der Waals surface area (Å²) in [4.78, 5) is 21.0. The number of aliphatic hydroxyl groups excluding tert-OH is 1. The molecular weight excluding hydrogens is 240 g/mol. The van der Waals surface area contributed by atoms with Crippen LogP contribution in [0, 0.1) is 10.1 Å². The fraction of sp³-hybridized carbons (Fsp3) is 0.364. The summed E-state index contributed by atoms with van der Waals surface area (Å²) in [6.45, 7) is 3.06. The number of nitrogens with one attached hydrogen (secondary N) is 1. The maximum atomic E-state index is 11.0. The molecule has 0 saturated heterocycles. The van der Waals surface area contributed by atoms with E-state index in [4.69, 9.17) is 10.2 Å². The second-order valence-electron chi connectivity index (χ2n) is 4.46. The molecule has 0 saturated carbocycles. The molecule has 7 heteroatoms. The van der Waals surface area contributed by atoms with Gasteiger partial charge in [-0.25, -0.2) is 4.79 Å². The first kappa shape index (κ1) is 13.9. The normalized spacial score (nSPS) is 11.1. The van der Waals surface area contributed by atoms with Crippen molar-refractivity contribution in [3.05, 3.63) is 33.9 Å². The molecule has 0 aliphatic heterocycles. The van der Waals surface area contributed by atoms with Crippen LogP contribution in [0.25, 0.3) is 0 Å². The first-order chi connectivity index (χ1) is 8.26. The molecule has 0 radical (unpaired) electrons. The highest BCUT2D eigenvalue weighted by Crippen LogP contribution is 2.25. The average Bonchev–Trinajstić information content (AvgIpc) is 2.28. The van der Waals surface area contributed by atoms with Gasteiger partial charge in [0.2, 0.25) is 0 Å². The smallest absolute Gasteiger partial charge is 0.337 e.